The van der Waals surface area contributed by atoms with Crippen molar-refractivity contribution in [2.45, 2.75) is 240 Å². The van der Waals surface area contributed by atoms with E-state index in [-0.39, 0.29) is 0 Å². The molecule has 0 aliphatic carbocycles. The van der Waals surface area contributed by atoms with Gasteiger partial charge in [-0.3, -0.25) is 13.8 Å². The highest BCUT2D eigenvalue weighted by atomic mass is 13.6. The first-order chi connectivity index (χ1) is 36.5. The van der Waals surface area contributed by atoms with Crippen LogP contribution in [0.1, 0.15) is 240 Å². The maximum Gasteiger partial charge on any atom is 0.0302 e. The SMILES string of the molecule is C=C.C=C.C=C.C=C.C=CCC.C=CCC.C=CCC.C=CCC.C=CCC.C=CCC.C=CCC.C=CCC.C=CCC.C=CCC.C=CCC.C=CCC.C=CCC.C=CCC.CCC.CCC.[CH2+]C[CH2-].[CH2+]C[CH2-]. The van der Waals surface area contributed by atoms with Crippen molar-refractivity contribution < 1.29 is 0 Å². The van der Waals surface area contributed by atoms with E-state index in [1.165, 1.54) is 12.8 Å². The second kappa shape index (κ2) is 456. The molecule has 76 heavy (non-hydrogen) atoms. The molecular weight excluding hydrogens is 913 g/mol. The molecule has 0 saturated heterocycles. The van der Waals surface area contributed by atoms with Crippen molar-refractivity contribution in [1.82, 2.24) is 0 Å². The molecule has 460 valence electrons. The predicted octanol–water partition coefficient (Wildman–Crippen LogP) is 30.3. The minimum atomic E-state index is 0.750. The van der Waals surface area contributed by atoms with Crippen LogP contribution >= 0.6 is 0 Å². The lowest BCUT2D eigenvalue weighted by molar-refractivity contribution is 1.09. The van der Waals surface area contributed by atoms with E-state index in [1.54, 1.807) is 0 Å². The third-order valence-corrected chi connectivity index (χ3v) is 4.04. The Balaban J connectivity index is -0.0000000202. The van der Waals surface area contributed by atoms with Crippen LogP contribution in [-0.4, -0.2) is 0 Å². The second-order valence-corrected chi connectivity index (χ2v) is 11.9. The first kappa shape index (κ1) is 145. The summed E-state index contributed by atoms with van der Waals surface area (Å²) < 4.78 is 0. The van der Waals surface area contributed by atoms with E-state index in [1.807, 2.05) is 85.1 Å². The van der Waals surface area contributed by atoms with Gasteiger partial charge in [0.2, 0.25) is 0 Å². The van der Waals surface area contributed by atoms with Gasteiger partial charge in [-0.1, -0.05) is 223 Å². The van der Waals surface area contributed by atoms with Gasteiger partial charge in [-0.15, -0.1) is 145 Å². The van der Waals surface area contributed by atoms with E-state index in [2.05, 4.69) is 297 Å². The minimum absolute atomic E-state index is 0.750. The molecule has 0 nitrogen and oxygen atoms in total. The van der Waals surface area contributed by atoms with E-state index >= 15 is 0 Å². The van der Waals surface area contributed by atoms with Crippen molar-refractivity contribution in [3.05, 3.63) is 257 Å². The molecule has 0 bridgehead atoms. The molecule has 0 aliphatic heterocycles. The van der Waals surface area contributed by atoms with Crippen LogP contribution in [0.2, 0.25) is 0 Å². The van der Waals surface area contributed by atoms with Crippen LogP contribution in [0.15, 0.2) is 230 Å². The highest BCUT2D eigenvalue weighted by molar-refractivity contribution is 4.64. The standard InChI is InChI=1S/14C4H8.2C3H8.2C3H6.4C2H4/c14*1-3-4-2;4*1-3-2;4*1-2/h14*3H,1,4H2,2H3;2*3H2,1-2H3;2*1-3H2;4*1-2H2. The lowest BCUT2D eigenvalue weighted by Crippen LogP contribution is -1.36. The van der Waals surface area contributed by atoms with Gasteiger partial charge in [0.15, 0.2) is 0 Å². The van der Waals surface area contributed by atoms with Gasteiger partial charge in [-0.25, -0.2) is 0 Å². The third kappa shape index (κ3) is 3900. The summed E-state index contributed by atoms with van der Waals surface area (Å²) in [5, 5.41) is 0. The zero-order valence-electron chi connectivity index (χ0n) is 57.2. The van der Waals surface area contributed by atoms with Gasteiger partial charge in [0.05, 0.1) is 0 Å². The number of allylic oxidation sites excluding steroid dienone is 14. The summed E-state index contributed by atoms with van der Waals surface area (Å²) in [6.45, 7) is 124. The highest BCUT2D eigenvalue weighted by Gasteiger charge is 1.50. The van der Waals surface area contributed by atoms with Gasteiger partial charge in [0, 0.05) is 13.8 Å². The lowest BCUT2D eigenvalue weighted by Gasteiger charge is -1.57. The monoisotopic (exact) mass is 1070 g/mol. The molecule has 0 rings (SSSR count). The van der Waals surface area contributed by atoms with Gasteiger partial charge in [-0.05, 0) is 103 Å². The quantitative estimate of drug-likeness (QED) is 0.120. The van der Waals surface area contributed by atoms with Crippen LogP contribution in [0.25, 0.3) is 0 Å². The Morgan fingerprint density at radius 2 is 0.211 bits per heavy atom. The Morgan fingerprint density at radius 1 is 0.197 bits per heavy atom. The van der Waals surface area contributed by atoms with E-state index in [4.69, 9.17) is 0 Å². The van der Waals surface area contributed by atoms with Crippen LogP contribution in [-0.2, 0) is 0 Å². The third-order valence-electron chi connectivity index (χ3n) is 4.04. The Morgan fingerprint density at radius 3 is 0.211 bits per heavy atom. The van der Waals surface area contributed by atoms with Gasteiger partial charge >= 0.3 is 0 Å². The summed E-state index contributed by atoms with van der Waals surface area (Å²) in [7, 11) is 0. The number of rotatable bonds is 14. The minimum Gasteiger partial charge on any atom is -0.300 e. The van der Waals surface area contributed by atoms with Crippen LogP contribution in [0.4, 0.5) is 0 Å². The maximum absolute atomic E-state index is 3.48. The molecule has 0 unspecified atom stereocenters. The summed E-state index contributed by atoms with van der Waals surface area (Å²) in [5.41, 5.74) is 0. The van der Waals surface area contributed by atoms with Crippen LogP contribution in [0, 0.1) is 27.7 Å². The van der Waals surface area contributed by atoms with Crippen LogP contribution < -0.4 is 0 Å². The Hall–Kier alpha value is -4.94. The summed E-state index contributed by atoms with van der Waals surface area (Å²) in [6.07, 6.45) is 45.4. The maximum atomic E-state index is 3.48. The van der Waals surface area contributed by atoms with Crippen LogP contribution in [0.5, 0.6) is 0 Å². The summed E-state index contributed by atoms with van der Waals surface area (Å²) in [5.74, 6) is 0. The molecule has 0 aromatic rings. The normalized spacial score (nSPS) is 5.74. The Bertz CT molecular complexity index is 511. The van der Waals surface area contributed by atoms with Gasteiger partial charge < -0.3 is 0 Å². The fourth-order valence-corrected chi connectivity index (χ4v) is 0. The average molecular weight is 1070 g/mol. The molecule has 0 fully saturated rings. The largest absolute Gasteiger partial charge is 0.300 e. The molecule has 0 amide bonds. The molecule has 0 atom stereocenters. The van der Waals surface area contributed by atoms with E-state index in [9.17, 15) is 0 Å². The highest BCUT2D eigenvalue weighted by Crippen LogP contribution is 1.71. The molecule has 0 heteroatoms. The Labute approximate surface area is 495 Å². The lowest BCUT2D eigenvalue weighted by atomic mass is 10.5. The van der Waals surface area contributed by atoms with Crippen molar-refractivity contribution in [2.75, 3.05) is 0 Å². The predicted molar refractivity (Wildman–Crippen MR) is 394 cm³/mol. The summed E-state index contributed by atoms with van der Waals surface area (Å²) in [4.78, 5) is 0. The fraction of sp³-hybridized carbons (Fsp3) is 0.474. The topological polar surface area (TPSA) is 0 Å². The van der Waals surface area contributed by atoms with E-state index < -0.39 is 0 Å². The van der Waals surface area contributed by atoms with Crippen molar-refractivity contribution >= 4 is 0 Å². The molecule has 0 aliphatic rings. The van der Waals surface area contributed by atoms with Gasteiger partial charge in [-0.2, -0.15) is 0 Å². The van der Waals surface area contributed by atoms with E-state index in [0.717, 1.165) is 103 Å². The molecule has 0 radical (unpaired) electrons. The molecule has 0 aromatic carbocycles. The molecular formula is C76H156. The first-order valence-corrected chi connectivity index (χ1v) is 28.2. The zero-order chi connectivity index (χ0) is 66.6. The van der Waals surface area contributed by atoms with E-state index in [0.29, 0.717) is 0 Å². The molecule has 0 aromatic heterocycles. The Kier molecular flexibility index (Phi) is 870. The zero-order valence-corrected chi connectivity index (χ0v) is 57.2. The first-order valence-electron chi connectivity index (χ1n) is 28.2. The molecule has 0 N–H and O–H groups in total. The molecule has 0 saturated carbocycles. The van der Waals surface area contributed by atoms with Crippen LogP contribution in [0.3, 0.4) is 0 Å². The number of hydrogen-bond donors (Lipinski definition) is 0. The average Bonchev–Trinajstić information content (AvgIpc) is 3.50. The van der Waals surface area contributed by atoms with Gasteiger partial charge in [0.25, 0.3) is 0 Å². The molecule has 0 heterocycles. The fourth-order valence-electron chi connectivity index (χ4n) is 0. The summed E-state index contributed by atoms with van der Waals surface area (Å²) in [6, 6.07) is 0. The molecule has 0 spiro atoms. The second-order valence-electron chi connectivity index (χ2n) is 11.9. The van der Waals surface area contributed by atoms with Crippen molar-refractivity contribution in [3.63, 3.8) is 0 Å². The summed E-state index contributed by atoms with van der Waals surface area (Å²) >= 11 is 0. The smallest absolute Gasteiger partial charge is 0.0302 e. The number of hydrogen-bond acceptors (Lipinski definition) is 0. The van der Waals surface area contributed by atoms with Crippen molar-refractivity contribution in [2.24, 2.45) is 0 Å². The van der Waals surface area contributed by atoms with Crippen molar-refractivity contribution in [1.29, 1.82) is 0 Å². The van der Waals surface area contributed by atoms with Crippen molar-refractivity contribution in [3.8, 4) is 0 Å². The van der Waals surface area contributed by atoms with Gasteiger partial charge in [0.1, 0.15) is 0 Å².